The van der Waals surface area contributed by atoms with E-state index < -0.39 is 21.6 Å². The van der Waals surface area contributed by atoms with E-state index in [9.17, 15) is 17.6 Å². The molecule has 0 N–H and O–H groups in total. The number of nitriles is 1. The summed E-state index contributed by atoms with van der Waals surface area (Å²) in [7, 11) is -4.19. The van der Waals surface area contributed by atoms with Gasteiger partial charge < -0.3 is 0 Å². The first-order chi connectivity index (χ1) is 15.2. The zero-order valence-electron chi connectivity index (χ0n) is 16.1. The van der Waals surface area contributed by atoms with E-state index in [4.69, 9.17) is 28.5 Å². The van der Waals surface area contributed by atoms with E-state index in [0.29, 0.717) is 10.9 Å². The van der Waals surface area contributed by atoms with E-state index in [1.165, 1.54) is 42.6 Å². The van der Waals surface area contributed by atoms with Crippen LogP contribution in [0, 0.1) is 17.1 Å². The number of benzene rings is 3. The van der Waals surface area contributed by atoms with Crippen molar-refractivity contribution in [3.63, 3.8) is 0 Å². The Bertz CT molecular complexity index is 1520. The SMILES string of the molecule is N#Cc1ccc(S(=O)(=O)n2ncc3ccc(CC(=O)c4c(F)cccc4Cl)cc32)c(Cl)c1. The minimum atomic E-state index is -4.19. The second-order valence-corrected chi connectivity index (χ2v) is 9.39. The second-order valence-electron chi connectivity index (χ2n) is 6.84. The van der Waals surface area contributed by atoms with Crippen molar-refractivity contribution in [1.29, 1.82) is 5.26 Å². The molecule has 0 unspecified atom stereocenters. The highest BCUT2D eigenvalue weighted by atomic mass is 35.5. The summed E-state index contributed by atoms with van der Waals surface area (Å²) in [6.45, 7) is 0. The Labute approximate surface area is 192 Å². The molecular formula is C22H12Cl2FN3O3S. The summed E-state index contributed by atoms with van der Waals surface area (Å²) in [6.07, 6.45) is 1.17. The minimum Gasteiger partial charge on any atom is -0.294 e. The molecule has 10 heteroatoms. The topological polar surface area (TPSA) is 92.8 Å². The Morgan fingerprint density at radius 2 is 1.88 bits per heavy atom. The van der Waals surface area contributed by atoms with Gasteiger partial charge in [0.2, 0.25) is 0 Å². The molecule has 0 radical (unpaired) electrons. The first-order valence-electron chi connectivity index (χ1n) is 9.11. The molecule has 3 aromatic carbocycles. The van der Waals surface area contributed by atoms with E-state index in [2.05, 4.69) is 5.10 Å². The molecule has 0 fully saturated rings. The highest BCUT2D eigenvalue weighted by Gasteiger charge is 2.24. The number of ketones is 1. The van der Waals surface area contributed by atoms with Crippen molar-refractivity contribution in [1.82, 2.24) is 9.19 Å². The monoisotopic (exact) mass is 487 g/mol. The van der Waals surface area contributed by atoms with E-state index in [0.717, 1.165) is 10.2 Å². The number of fused-ring (bicyclic) bond motifs is 1. The van der Waals surface area contributed by atoms with Gasteiger partial charge in [-0.25, -0.2) is 4.39 Å². The number of Topliss-reactive ketones (excluding diaryl/α,β-unsaturated/α-hetero) is 1. The van der Waals surface area contributed by atoms with Crippen molar-refractivity contribution >= 4 is 49.9 Å². The highest BCUT2D eigenvalue weighted by Crippen LogP contribution is 2.28. The Hall–Kier alpha value is -3.25. The lowest BCUT2D eigenvalue weighted by Crippen LogP contribution is -2.15. The zero-order chi connectivity index (χ0) is 23.0. The summed E-state index contributed by atoms with van der Waals surface area (Å²) < 4.78 is 41.2. The average Bonchev–Trinajstić information content (AvgIpc) is 3.17. The number of nitrogens with zero attached hydrogens (tertiary/aromatic N) is 3. The van der Waals surface area contributed by atoms with Gasteiger partial charge >= 0.3 is 0 Å². The molecule has 0 atom stereocenters. The fraction of sp³-hybridized carbons (Fsp3) is 0.0455. The predicted octanol–water partition coefficient (Wildman–Crippen LogP) is 5.02. The molecule has 0 amide bonds. The summed E-state index contributed by atoms with van der Waals surface area (Å²) >= 11 is 12.1. The fourth-order valence-electron chi connectivity index (χ4n) is 3.25. The van der Waals surface area contributed by atoms with Crippen LogP contribution >= 0.6 is 23.2 Å². The van der Waals surface area contributed by atoms with Crippen molar-refractivity contribution in [2.45, 2.75) is 11.3 Å². The molecule has 0 bridgehead atoms. The molecule has 4 rings (SSSR count). The van der Waals surface area contributed by atoms with Crippen LogP contribution in [0.25, 0.3) is 10.9 Å². The van der Waals surface area contributed by atoms with E-state index >= 15 is 0 Å². The van der Waals surface area contributed by atoms with Gasteiger partial charge in [0.25, 0.3) is 10.0 Å². The molecule has 6 nitrogen and oxygen atoms in total. The molecule has 160 valence electrons. The van der Waals surface area contributed by atoms with Crippen LogP contribution in [0.15, 0.2) is 65.7 Å². The van der Waals surface area contributed by atoms with Gasteiger partial charge in [-0.2, -0.15) is 22.9 Å². The number of rotatable bonds is 5. The molecule has 4 aromatic rings. The van der Waals surface area contributed by atoms with Crippen LogP contribution in [0.1, 0.15) is 21.5 Å². The largest absolute Gasteiger partial charge is 0.294 e. The van der Waals surface area contributed by atoms with E-state index in [1.54, 1.807) is 12.1 Å². The van der Waals surface area contributed by atoms with Gasteiger partial charge in [0, 0.05) is 11.8 Å². The summed E-state index contributed by atoms with van der Waals surface area (Å²) in [4.78, 5) is 12.4. The molecule has 0 spiro atoms. The van der Waals surface area contributed by atoms with Gasteiger partial charge in [-0.15, -0.1) is 0 Å². The van der Waals surface area contributed by atoms with Crippen LogP contribution in [-0.2, 0) is 16.4 Å². The van der Waals surface area contributed by atoms with Crippen molar-refractivity contribution in [2.75, 3.05) is 0 Å². The van der Waals surface area contributed by atoms with Crippen molar-refractivity contribution in [3.8, 4) is 6.07 Å². The lowest BCUT2D eigenvalue weighted by molar-refractivity contribution is 0.0989. The van der Waals surface area contributed by atoms with Gasteiger partial charge in [-0.3, -0.25) is 4.79 Å². The Morgan fingerprint density at radius 3 is 2.56 bits per heavy atom. The minimum absolute atomic E-state index is 0.000782. The summed E-state index contributed by atoms with van der Waals surface area (Å²) in [5.74, 6) is -1.27. The Morgan fingerprint density at radius 1 is 1.09 bits per heavy atom. The fourth-order valence-corrected chi connectivity index (χ4v) is 5.31. The molecule has 1 heterocycles. The quantitative estimate of drug-likeness (QED) is 0.368. The third kappa shape index (κ3) is 3.86. The number of hydrogen-bond donors (Lipinski definition) is 0. The van der Waals surface area contributed by atoms with Gasteiger partial charge in [0.05, 0.1) is 39.0 Å². The number of carbonyl (C=O) groups is 1. The Balaban J connectivity index is 1.75. The van der Waals surface area contributed by atoms with Crippen LogP contribution in [0.5, 0.6) is 0 Å². The normalized spacial score (nSPS) is 11.4. The average molecular weight is 488 g/mol. The third-order valence-corrected chi connectivity index (χ3v) is 7.17. The lowest BCUT2D eigenvalue weighted by Gasteiger charge is -2.09. The molecule has 0 aliphatic rings. The van der Waals surface area contributed by atoms with Crippen LogP contribution in [-0.4, -0.2) is 23.4 Å². The highest BCUT2D eigenvalue weighted by molar-refractivity contribution is 7.90. The first-order valence-corrected chi connectivity index (χ1v) is 11.3. The van der Waals surface area contributed by atoms with Crippen LogP contribution in [0.2, 0.25) is 10.0 Å². The van der Waals surface area contributed by atoms with Gasteiger partial charge in [0.1, 0.15) is 10.7 Å². The summed E-state index contributed by atoms with van der Waals surface area (Å²) in [5, 5.41) is 13.3. The molecule has 1 aromatic heterocycles. The maximum Gasteiger partial charge on any atom is 0.285 e. The molecule has 0 saturated carbocycles. The number of halogens is 3. The molecule has 0 aliphatic heterocycles. The molecule has 32 heavy (non-hydrogen) atoms. The van der Waals surface area contributed by atoms with Crippen molar-refractivity contribution in [2.24, 2.45) is 0 Å². The number of carbonyl (C=O) groups excluding carboxylic acids is 1. The smallest absolute Gasteiger partial charge is 0.285 e. The van der Waals surface area contributed by atoms with Crippen molar-refractivity contribution < 1.29 is 17.6 Å². The van der Waals surface area contributed by atoms with Crippen molar-refractivity contribution in [3.05, 3.63) is 93.3 Å². The van der Waals surface area contributed by atoms with E-state index in [-0.39, 0.29) is 38.0 Å². The number of aromatic nitrogens is 2. The van der Waals surface area contributed by atoms with Gasteiger partial charge in [0.15, 0.2) is 5.78 Å². The third-order valence-electron chi connectivity index (χ3n) is 4.78. The maximum atomic E-state index is 14.1. The number of hydrogen-bond acceptors (Lipinski definition) is 5. The van der Waals surface area contributed by atoms with Crippen LogP contribution < -0.4 is 0 Å². The second kappa shape index (κ2) is 8.36. The maximum absolute atomic E-state index is 14.1. The molecule has 0 aliphatic carbocycles. The standard InChI is InChI=1S/C22H12Cl2FN3O3S/c23-16-2-1-3-18(25)22(16)20(29)10-13-4-6-15-12-27-28(19(15)9-13)32(30,31)21-7-5-14(11-26)8-17(21)24/h1-9,12H,10H2. The van der Waals surface area contributed by atoms with Gasteiger partial charge in [-0.05, 0) is 42.0 Å². The zero-order valence-corrected chi connectivity index (χ0v) is 18.4. The first kappa shape index (κ1) is 22.0. The molecule has 0 saturated heterocycles. The van der Waals surface area contributed by atoms with Crippen LogP contribution in [0.3, 0.4) is 0 Å². The predicted molar refractivity (Wildman–Crippen MR) is 118 cm³/mol. The summed E-state index contributed by atoms with van der Waals surface area (Å²) in [5.41, 5.74) is 0.659. The lowest BCUT2D eigenvalue weighted by atomic mass is 10.0. The van der Waals surface area contributed by atoms with E-state index in [1.807, 2.05) is 6.07 Å². The van der Waals surface area contributed by atoms with Gasteiger partial charge in [-0.1, -0.05) is 41.4 Å². The van der Waals surface area contributed by atoms with Crippen LogP contribution in [0.4, 0.5) is 4.39 Å². The molecular weight excluding hydrogens is 476 g/mol. The Kier molecular flexibility index (Phi) is 5.73. The summed E-state index contributed by atoms with van der Waals surface area (Å²) in [6, 6.07) is 14.4.